The van der Waals surface area contributed by atoms with Crippen LogP contribution >= 0.6 is 0 Å². The van der Waals surface area contributed by atoms with Gasteiger partial charge in [0.2, 0.25) is 5.91 Å². The van der Waals surface area contributed by atoms with Gasteiger partial charge in [0.15, 0.2) is 0 Å². The van der Waals surface area contributed by atoms with Gasteiger partial charge in [-0.3, -0.25) is 14.4 Å². The number of anilines is 1. The fourth-order valence-electron chi connectivity index (χ4n) is 9.63. The number of aliphatic hydroxyl groups excluding tert-OH is 1. The van der Waals surface area contributed by atoms with Crippen LogP contribution in [0.15, 0.2) is 36.4 Å². The van der Waals surface area contributed by atoms with E-state index in [9.17, 15) is 14.7 Å². The Bertz CT molecular complexity index is 1620. The normalized spacial score (nSPS) is 27.9. The Labute approximate surface area is 319 Å². The van der Waals surface area contributed by atoms with Crippen LogP contribution in [0.5, 0.6) is 0 Å². The van der Waals surface area contributed by atoms with Crippen LogP contribution in [-0.4, -0.2) is 98.5 Å². The first-order valence-corrected chi connectivity index (χ1v) is 19.7. The van der Waals surface area contributed by atoms with Crippen LogP contribution in [-0.2, 0) is 16.2 Å². The molecule has 1 heterocycles. The summed E-state index contributed by atoms with van der Waals surface area (Å²) in [6, 6.07) is 11.6. The topological polar surface area (TPSA) is 123 Å². The van der Waals surface area contributed by atoms with Crippen molar-refractivity contribution in [3.63, 3.8) is 0 Å². The number of benzene rings is 2. The number of rotatable bonds is 13. The van der Waals surface area contributed by atoms with Crippen molar-refractivity contribution in [2.75, 3.05) is 46.2 Å². The first-order chi connectivity index (χ1) is 24.7. The van der Waals surface area contributed by atoms with Gasteiger partial charge in [-0.1, -0.05) is 59.7 Å². The van der Waals surface area contributed by atoms with Gasteiger partial charge >= 0.3 is 0 Å². The van der Waals surface area contributed by atoms with Crippen molar-refractivity contribution < 1.29 is 19.5 Å². The maximum absolute atomic E-state index is 14.3. The summed E-state index contributed by atoms with van der Waals surface area (Å²) in [6.07, 6.45) is 1.79. The van der Waals surface area contributed by atoms with Gasteiger partial charge in [0.25, 0.3) is 5.91 Å². The molecule has 294 valence electrons. The number of aliphatic hydroxyl groups is 1. The molecule has 9 atom stereocenters. The number of likely N-dealkylation sites (N-methyl/N-ethyl adjacent to an activating group) is 1. The summed E-state index contributed by atoms with van der Waals surface area (Å²) in [5, 5.41) is 19.5. The fraction of sp³-hybridized carbons (Fsp3) is 0.674. The molecule has 5 N–H and O–H groups in total. The molecule has 53 heavy (non-hydrogen) atoms. The molecule has 3 saturated carbocycles. The maximum Gasteiger partial charge on any atom is 0.251 e. The van der Waals surface area contributed by atoms with Crippen molar-refractivity contribution >= 4 is 17.5 Å². The smallest absolute Gasteiger partial charge is 0.251 e. The number of nitrogens with zero attached hydrogens (tertiary/aromatic N) is 3. The molecule has 4 fully saturated rings. The lowest BCUT2D eigenvalue weighted by Crippen LogP contribution is -2.62. The van der Waals surface area contributed by atoms with E-state index in [4.69, 9.17) is 10.6 Å². The van der Waals surface area contributed by atoms with Crippen molar-refractivity contribution in [1.29, 1.82) is 0 Å². The van der Waals surface area contributed by atoms with E-state index in [0.717, 1.165) is 47.3 Å². The minimum Gasteiger partial charge on any atom is -0.393 e. The van der Waals surface area contributed by atoms with Gasteiger partial charge in [0.05, 0.1) is 18.8 Å². The Balaban J connectivity index is 1.42. The SMILES string of the molecule is Cc1c(CN2O[C@@H](CN)[C@@H]([C@H](C)O)[C@H]2C(=O)N[C@H]2C[C@H]3C[C@@H]([C@@H]2C)C3(C)C)cccc1-c1cc(C(=O)N[C@H](CN(C)C)CC(C)(C)C)cc(N(C)C)c1. The molecule has 1 saturated heterocycles. The molecule has 0 aromatic heterocycles. The molecular weight excluding hydrogens is 665 g/mol. The molecule has 6 rings (SSSR count). The van der Waals surface area contributed by atoms with Gasteiger partial charge in [-0.2, -0.15) is 5.06 Å². The molecule has 1 aliphatic heterocycles. The van der Waals surface area contributed by atoms with Gasteiger partial charge in [0, 0.05) is 56.4 Å². The van der Waals surface area contributed by atoms with Crippen molar-refractivity contribution in [1.82, 2.24) is 20.6 Å². The third-order valence-electron chi connectivity index (χ3n) is 12.7. The van der Waals surface area contributed by atoms with E-state index in [1.54, 1.807) is 12.0 Å². The zero-order valence-corrected chi connectivity index (χ0v) is 34.5. The zero-order valence-electron chi connectivity index (χ0n) is 34.5. The van der Waals surface area contributed by atoms with Crippen molar-refractivity contribution in [3.05, 3.63) is 53.1 Å². The monoisotopic (exact) mass is 733 g/mol. The van der Waals surface area contributed by atoms with Crippen molar-refractivity contribution in [3.8, 4) is 11.1 Å². The van der Waals surface area contributed by atoms with Gasteiger partial charge in [-0.05, 0) is 116 Å². The third-order valence-corrected chi connectivity index (χ3v) is 12.7. The molecule has 4 aliphatic rings. The summed E-state index contributed by atoms with van der Waals surface area (Å²) in [7, 11) is 8.03. The molecule has 2 bridgehead atoms. The van der Waals surface area contributed by atoms with Crippen molar-refractivity contribution in [2.24, 2.45) is 40.2 Å². The van der Waals surface area contributed by atoms with E-state index in [-0.39, 0.29) is 35.9 Å². The van der Waals surface area contributed by atoms with Gasteiger partial charge in [-0.15, -0.1) is 0 Å². The molecule has 0 radical (unpaired) electrons. The molecule has 3 aliphatic carbocycles. The van der Waals surface area contributed by atoms with Crippen molar-refractivity contribution in [2.45, 2.75) is 112 Å². The van der Waals surface area contributed by atoms with Crippen LogP contribution in [0, 0.1) is 41.4 Å². The van der Waals surface area contributed by atoms with E-state index in [1.165, 1.54) is 6.42 Å². The van der Waals surface area contributed by atoms with Crippen LogP contribution < -0.4 is 21.3 Å². The van der Waals surface area contributed by atoms with E-state index in [0.29, 0.717) is 35.3 Å². The van der Waals surface area contributed by atoms with Gasteiger partial charge < -0.3 is 31.3 Å². The zero-order chi connectivity index (χ0) is 39.2. The highest BCUT2D eigenvalue weighted by Gasteiger charge is 2.57. The molecule has 10 heteroatoms. The van der Waals surface area contributed by atoms with E-state index < -0.39 is 24.2 Å². The standard InChI is InChI=1S/C43H68N6O4/c1-25-28(23-49-39(38(27(3)50)37(22-44)53-49)41(52)46-36-20-31-19-35(26(36)2)43(31,7)8)14-13-15-34(25)29-16-30(18-33(17-29)48(11)12)40(51)45-32(24-47(9)10)21-42(4,5)6/h13-18,26-27,31-32,35-39,50H,19-24,44H2,1-12H3,(H,45,51)(H,46,52)/t26-,27-,31+,32-,35-,36-,37-,38+,39-/m0/s1. The van der Waals surface area contributed by atoms with Crippen LogP contribution in [0.4, 0.5) is 5.69 Å². The highest BCUT2D eigenvalue weighted by Crippen LogP contribution is 2.61. The maximum atomic E-state index is 14.3. The number of amides is 2. The van der Waals surface area contributed by atoms with Crippen LogP contribution in [0.2, 0.25) is 0 Å². The number of carbonyl (C=O) groups excluding carboxylic acids is 2. The Morgan fingerprint density at radius 2 is 1.81 bits per heavy atom. The Morgan fingerprint density at radius 1 is 1.11 bits per heavy atom. The summed E-state index contributed by atoms with van der Waals surface area (Å²) in [5.74, 6) is 0.916. The molecule has 2 amide bonds. The second kappa shape index (κ2) is 16.0. The number of hydrogen-bond donors (Lipinski definition) is 4. The van der Waals surface area contributed by atoms with E-state index >= 15 is 0 Å². The molecule has 2 aromatic carbocycles. The van der Waals surface area contributed by atoms with Crippen LogP contribution in [0.1, 0.15) is 89.2 Å². The quantitative estimate of drug-likeness (QED) is 0.215. The molecule has 2 aromatic rings. The highest BCUT2D eigenvalue weighted by molar-refractivity contribution is 5.97. The lowest BCUT2D eigenvalue weighted by Gasteiger charge is -2.62. The lowest BCUT2D eigenvalue weighted by atomic mass is 9.45. The summed E-state index contributed by atoms with van der Waals surface area (Å²) < 4.78 is 0. The summed E-state index contributed by atoms with van der Waals surface area (Å²) in [6.45, 7) is 18.7. The van der Waals surface area contributed by atoms with Gasteiger partial charge in [0.1, 0.15) is 6.04 Å². The number of nitrogens with one attached hydrogen (secondary N) is 2. The molecule has 0 spiro atoms. The van der Waals surface area contributed by atoms with E-state index in [2.05, 4.69) is 82.2 Å². The minimum absolute atomic E-state index is 0.00121. The molecular formula is C43H68N6O4. The number of nitrogens with two attached hydrogens (primary N) is 1. The fourth-order valence-corrected chi connectivity index (χ4v) is 9.63. The minimum atomic E-state index is -0.785. The van der Waals surface area contributed by atoms with Gasteiger partial charge in [-0.25, -0.2) is 0 Å². The number of hydroxylamine groups is 2. The number of fused-ring (bicyclic) bond motifs is 2. The predicted octanol–water partition coefficient (Wildman–Crippen LogP) is 5.45. The average Bonchev–Trinajstić information content (AvgIpc) is 3.43. The highest BCUT2D eigenvalue weighted by atomic mass is 16.7. The first kappa shape index (κ1) is 41.1. The van der Waals surface area contributed by atoms with Crippen LogP contribution in [0.25, 0.3) is 11.1 Å². The first-order valence-electron chi connectivity index (χ1n) is 19.7. The Morgan fingerprint density at radius 3 is 2.38 bits per heavy atom. The summed E-state index contributed by atoms with van der Waals surface area (Å²) >= 11 is 0. The predicted molar refractivity (Wildman–Crippen MR) is 214 cm³/mol. The average molecular weight is 733 g/mol. The Hall–Kier alpha value is -3.02. The largest absolute Gasteiger partial charge is 0.393 e. The van der Waals surface area contributed by atoms with Crippen LogP contribution in [0.3, 0.4) is 0 Å². The number of carbonyl (C=O) groups is 2. The second-order valence-electron chi connectivity index (χ2n) is 18.7. The molecule has 0 unspecified atom stereocenters. The molecule has 10 nitrogen and oxygen atoms in total. The third kappa shape index (κ3) is 8.94. The Kier molecular flexibility index (Phi) is 12.4. The van der Waals surface area contributed by atoms with E-state index in [1.807, 2.05) is 51.3 Å². The summed E-state index contributed by atoms with van der Waals surface area (Å²) in [4.78, 5) is 38.7. The lowest BCUT2D eigenvalue weighted by molar-refractivity contribution is -0.175. The summed E-state index contributed by atoms with van der Waals surface area (Å²) in [5.41, 5.74) is 12.1. The number of hydrogen-bond acceptors (Lipinski definition) is 8. The second-order valence-corrected chi connectivity index (χ2v) is 18.7.